The molecule has 0 bridgehead atoms. The highest BCUT2D eigenvalue weighted by Gasteiger charge is 2.24. The Labute approximate surface area is 228 Å². The summed E-state index contributed by atoms with van der Waals surface area (Å²) in [7, 11) is 1.69. The van der Waals surface area contributed by atoms with E-state index < -0.39 is 0 Å². The normalized spacial score (nSPS) is 13.9. The zero-order chi connectivity index (χ0) is 26.9. The number of benzene rings is 2. The number of anilines is 1. The molecule has 0 aliphatic carbocycles. The van der Waals surface area contributed by atoms with Crippen LogP contribution in [0, 0.1) is 6.92 Å². The van der Waals surface area contributed by atoms with Crippen LogP contribution in [0.3, 0.4) is 0 Å². The summed E-state index contributed by atoms with van der Waals surface area (Å²) in [5, 5.41) is 0. The van der Waals surface area contributed by atoms with Crippen LogP contribution in [0.25, 0.3) is 0 Å². The minimum atomic E-state index is 0.124. The number of carbonyl (C=O) groups excluding carboxylic acids is 1. The van der Waals surface area contributed by atoms with E-state index >= 15 is 0 Å². The van der Waals surface area contributed by atoms with Crippen LogP contribution in [0.2, 0.25) is 0 Å². The van der Waals surface area contributed by atoms with Gasteiger partial charge in [-0.15, -0.1) is 0 Å². The molecule has 1 aliphatic heterocycles. The Morgan fingerprint density at radius 3 is 2.32 bits per heavy atom. The van der Waals surface area contributed by atoms with E-state index in [9.17, 15) is 4.79 Å². The van der Waals surface area contributed by atoms with Crippen molar-refractivity contribution in [1.29, 1.82) is 0 Å². The van der Waals surface area contributed by atoms with Gasteiger partial charge in [0.25, 0.3) is 5.91 Å². The van der Waals surface area contributed by atoms with Gasteiger partial charge in [-0.1, -0.05) is 51.0 Å². The van der Waals surface area contributed by atoms with Crippen molar-refractivity contribution >= 4 is 11.7 Å². The Morgan fingerprint density at radius 1 is 0.895 bits per heavy atom. The number of amides is 1. The topological polar surface area (TPSA) is 58.6 Å². The molecular weight excluding hydrogens is 472 g/mol. The highest BCUT2D eigenvalue weighted by molar-refractivity contribution is 5.94. The number of rotatable bonds is 10. The number of aryl methyl sites for hydroxylation is 3. The van der Waals surface area contributed by atoms with E-state index in [1.54, 1.807) is 7.11 Å². The highest BCUT2D eigenvalue weighted by Crippen LogP contribution is 2.27. The maximum Gasteiger partial charge on any atom is 0.253 e. The SMILES string of the molecule is CCCCCc1ccc(C(=O)N2CCCN(c3nc(C)nc(CC)c3Cc3ccc(OC)cc3)CC2)cc1. The van der Waals surface area contributed by atoms with Crippen LogP contribution in [0.15, 0.2) is 48.5 Å². The van der Waals surface area contributed by atoms with E-state index in [-0.39, 0.29) is 5.91 Å². The highest BCUT2D eigenvalue weighted by atomic mass is 16.5. The number of nitrogens with zero attached hydrogens (tertiary/aromatic N) is 4. The largest absolute Gasteiger partial charge is 0.497 e. The lowest BCUT2D eigenvalue weighted by Crippen LogP contribution is -2.35. The first kappa shape index (κ1) is 27.6. The number of aromatic nitrogens is 2. The molecule has 0 atom stereocenters. The quantitative estimate of drug-likeness (QED) is 0.309. The minimum absolute atomic E-state index is 0.124. The standard InChI is InChI=1S/C32H42N4O2/c1-5-7-8-10-25-11-15-27(16-12-25)32(37)36-20-9-19-35(21-22-36)31-29(30(6-2)33-24(3)34-31)23-26-13-17-28(38-4)18-14-26/h11-18H,5-10,19-23H2,1-4H3. The van der Waals surface area contributed by atoms with Gasteiger partial charge in [-0.05, 0) is 68.0 Å². The van der Waals surface area contributed by atoms with Crippen molar-refractivity contribution in [2.75, 3.05) is 38.2 Å². The van der Waals surface area contributed by atoms with Gasteiger partial charge in [0, 0.05) is 49.4 Å². The van der Waals surface area contributed by atoms with Crippen LogP contribution >= 0.6 is 0 Å². The smallest absolute Gasteiger partial charge is 0.253 e. The molecule has 4 rings (SSSR count). The maximum absolute atomic E-state index is 13.4. The predicted molar refractivity (Wildman–Crippen MR) is 154 cm³/mol. The van der Waals surface area contributed by atoms with Crippen LogP contribution in [0.4, 0.5) is 5.82 Å². The van der Waals surface area contributed by atoms with E-state index in [0.29, 0.717) is 6.54 Å². The van der Waals surface area contributed by atoms with E-state index in [2.05, 4.69) is 43.0 Å². The zero-order valence-electron chi connectivity index (χ0n) is 23.5. The molecule has 1 aliphatic rings. The molecule has 0 unspecified atom stereocenters. The fraction of sp³-hybridized carbons (Fsp3) is 0.469. The monoisotopic (exact) mass is 514 g/mol. The lowest BCUT2D eigenvalue weighted by atomic mass is 10.0. The molecule has 1 aromatic heterocycles. The second-order valence-electron chi connectivity index (χ2n) is 10.2. The summed E-state index contributed by atoms with van der Waals surface area (Å²) < 4.78 is 5.33. The second kappa shape index (κ2) is 13.4. The van der Waals surface area contributed by atoms with Crippen LogP contribution in [0.1, 0.15) is 78.1 Å². The summed E-state index contributed by atoms with van der Waals surface area (Å²) in [5.41, 5.74) is 5.58. The molecule has 0 radical (unpaired) electrons. The average Bonchev–Trinajstić information content (AvgIpc) is 3.20. The van der Waals surface area contributed by atoms with Crippen molar-refractivity contribution in [3.8, 4) is 5.75 Å². The molecule has 0 N–H and O–H groups in total. The number of unbranched alkanes of at least 4 members (excludes halogenated alkanes) is 2. The Morgan fingerprint density at radius 2 is 1.63 bits per heavy atom. The van der Waals surface area contributed by atoms with Crippen LogP contribution in [-0.4, -0.2) is 54.1 Å². The second-order valence-corrected chi connectivity index (χ2v) is 10.2. The first-order valence-corrected chi connectivity index (χ1v) is 14.1. The molecule has 38 heavy (non-hydrogen) atoms. The van der Waals surface area contributed by atoms with Crippen LogP contribution in [0.5, 0.6) is 5.75 Å². The molecule has 1 amide bonds. The van der Waals surface area contributed by atoms with Crippen molar-refractivity contribution in [2.24, 2.45) is 0 Å². The summed E-state index contributed by atoms with van der Waals surface area (Å²) in [6.45, 7) is 9.42. The zero-order valence-corrected chi connectivity index (χ0v) is 23.5. The Kier molecular flexibility index (Phi) is 9.74. The van der Waals surface area contributed by atoms with E-state index in [1.807, 2.05) is 36.1 Å². The third-order valence-corrected chi connectivity index (χ3v) is 7.41. The lowest BCUT2D eigenvalue weighted by Gasteiger charge is -2.26. The van der Waals surface area contributed by atoms with Gasteiger partial charge in [0.2, 0.25) is 0 Å². The summed E-state index contributed by atoms with van der Waals surface area (Å²) in [4.78, 5) is 27.4. The Balaban J connectivity index is 1.48. The first-order chi connectivity index (χ1) is 18.5. The van der Waals surface area contributed by atoms with Crippen molar-refractivity contribution in [1.82, 2.24) is 14.9 Å². The van der Waals surface area contributed by atoms with Gasteiger partial charge in [0.15, 0.2) is 0 Å². The molecule has 6 nitrogen and oxygen atoms in total. The van der Waals surface area contributed by atoms with E-state index in [1.165, 1.54) is 36.0 Å². The molecule has 202 valence electrons. The van der Waals surface area contributed by atoms with Crippen molar-refractivity contribution in [3.05, 3.63) is 82.3 Å². The molecule has 1 saturated heterocycles. The molecule has 0 spiro atoms. The fourth-order valence-corrected chi connectivity index (χ4v) is 5.23. The molecule has 2 heterocycles. The molecule has 1 fully saturated rings. The number of hydrogen-bond acceptors (Lipinski definition) is 5. The average molecular weight is 515 g/mol. The van der Waals surface area contributed by atoms with Gasteiger partial charge >= 0.3 is 0 Å². The minimum Gasteiger partial charge on any atom is -0.497 e. The maximum atomic E-state index is 13.4. The summed E-state index contributed by atoms with van der Waals surface area (Å²) in [6, 6.07) is 16.5. The number of methoxy groups -OCH3 is 1. The van der Waals surface area contributed by atoms with Gasteiger partial charge in [0.1, 0.15) is 17.4 Å². The van der Waals surface area contributed by atoms with Crippen molar-refractivity contribution in [3.63, 3.8) is 0 Å². The van der Waals surface area contributed by atoms with E-state index in [4.69, 9.17) is 14.7 Å². The molecule has 0 saturated carbocycles. The third-order valence-electron chi connectivity index (χ3n) is 7.41. The van der Waals surface area contributed by atoms with Crippen LogP contribution < -0.4 is 9.64 Å². The van der Waals surface area contributed by atoms with Crippen LogP contribution in [-0.2, 0) is 19.3 Å². The van der Waals surface area contributed by atoms with Gasteiger partial charge < -0.3 is 14.5 Å². The van der Waals surface area contributed by atoms with Gasteiger partial charge in [0.05, 0.1) is 7.11 Å². The number of ether oxygens (including phenoxy) is 1. The van der Waals surface area contributed by atoms with Gasteiger partial charge in [-0.3, -0.25) is 4.79 Å². The molecular formula is C32H42N4O2. The van der Waals surface area contributed by atoms with Crippen molar-refractivity contribution < 1.29 is 9.53 Å². The van der Waals surface area contributed by atoms with E-state index in [0.717, 1.165) is 74.0 Å². The summed E-state index contributed by atoms with van der Waals surface area (Å²) in [6.07, 6.45) is 7.29. The van der Waals surface area contributed by atoms with Gasteiger partial charge in [-0.2, -0.15) is 0 Å². The Bertz CT molecular complexity index is 1190. The van der Waals surface area contributed by atoms with Gasteiger partial charge in [-0.25, -0.2) is 9.97 Å². The molecule has 3 aromatic rings. The lowest BCUT2D eigenvalue weighted by molar-refractivity contribution is 0.0767. The predicted octanol–water partition coefficient (Wildman–Crippen LogP) is 6.03. The fourth-order valence-electron chi connectivity index (χ4n) is 5.23. The third kappa shape index (κ3) is 6.91. The van der Waals surface area contributed by atoms with Crippen molar-refractivity contribution in [2.45, 2.75) is 65.7 Å². The number of hydrogen-bond donors (Lipinski definition) is 0. The molecule has 6 heteroatoms. The Hall–Kier alpha value is -3.41. The summed E-state index contributed by atoms with van der Waals surface area (Å²) >= 11 is 0. The molecule has 2 aromatic carbocycles. The first-order valence-electron chi connectivity index (χ1n) is 14.1. The summed E-state index contributed by atoms with van der Waals surface area (Å²) in [5.74, 6) is 2.79. The number of carbonyl (C=O) groups is 1.